The van der Waals surface area contributed by atoms with Crippen molar-refractivity contribution in [3.8, 4) is 89.8 Å². The number of anilines is 2. The van der Waals surface area contributed by atoms with Crippen molar-refractivity contribution in [2.75, 3.05) is 31.8 Å². The molecule has 17 rings (SSSR count). The molecule has 746 valence electrons. The second-order valence-corrected chi connectivity index (χ2v) is 44.9. The van der Waals surface area contributed by atoms with Gasteiger partial charge in [0.2, 0.25) is 0 Å². The molecule has 0 radical (unpaired) electrons. The summed E-state index contributed by atoms with van der Waals surface area (Å²) in [5.41, 5.74) is 45.9. The zero-order chi connectivity index (χ0) is 105. The number of para-hydroxylation sites is 4. The van der Waals surface area contributed by atoms with Gasteiger partial charge < -0.3 is 35.6 Å². The van der Waals surface area contributed by atoms with Crippen LogP contribution in [0.5, 0.6) is 0 Å². The van der Waals surface area contributed by atoms with Crippen molar-refractivity contribution in [1.29, 1.82) is 0 Å². The largest absolute Gasteiger partial charge is 0.494 e. The Hall–Kier alpha value is -12.0. The van der Waals surface area contributed by atoms with Gasteiger partial charge in [-0.1, -0.05) is 361 Å². The molecular weight excluding hydrogens is 1990 g/mol. The molecule has 0 atom stereocenters. The van der Waals surface area contributed by atoms with E-state index < -0.39 is 12.4 Å². The van der Waals surface area contributed by atoms with E-state index in [-0.39, 0.29) is 45.1 Å². The summed E-state index contributed by atoms with van der Waals surface area (Å²) in [6.07, 6.45) is 7.60. The van der Waals surface area contributed by atoms with Gasteiger partial charge in [-0.05, 0) is 317 Å². The molecule has 1 aliphatic rings. The molecule has 1 saturated heterocycles. The Labute approximate surface area is 887 Å². The normalized spacial score (nSPS) is 12.5. The fraction of sp³-hybridized carbons (Fsp3) is 0.270. The summed E-state index contributed by atoms with van der Waals surface area (Å²) in [6, 6.07) is 106. The first kappa shape index (κ1) is 112. The number of methoxy groups -OCH3 is 2. The zero-order valence-corrected chi connectivity index (χ0v) is 94.0. The van der Waals surface area contributed by atoms with Crippen LogP contribution in [-0.4, -0.2) is 75.6 Å². The number of nitrogens with two attached hydrogens (primary N) is 2. The van der Waals surface area contributed by atoms with Crippen LogP contribution in [0.25, 0.3) is 89.8 Å². The molecule has 13 nitrogen and oxygen atoms in total. The molecule has 14 aromatic carbocycles. The number of hydrogen-bond donors (Lipinski definition) is 3. The van der Waals surface area contributed by atoms with E-state index in [4.69, 9.17) is 46.8 Å². The molecular formula is C126H140BBr3ClN7O6. The van der Waals surface area contributed by atoms with Gasteiger partial charge in [-0.15, -0.1) is 0 Å². The van der Waals surface area contributed by atoms with Gasteiger partial charge in [0.05, 0.1) is 22.6 Å². The van der Waals surface area contributed by atoms with Gasteiger partial charge in [0.25, 0.3) is 11.1 Å². The first-order valence-electron chi connectivity index (χ1n) is 48.8. The molecule has 144 heavy (non-hydrogen) atoms. The second-order valence-electron chi connectivity index (χ2n) is 41.8. The lowest BCUT2D eigenvalue weighted by molar-refractivity contribution is -0.0940. The van der Waals surface area contributed by atoms with Gasteiger partial charge in [0.15, 0.2) is 6.29 Å². The van der Waals surface area contributed by atoms with E-state index in [9.17, 15) is 9.59 Å². The summed E-state index contributed by atoms with van der Waals surface area (Å²) < 4.78 is 29.5. The Morgan fingerprint density at radius 1 is 0.375 bits per heavy atom. The van der Waals surface area contributed by atoms with E-state index in [2.05, 4.69) is 418 Å². The van der Waals surface area contributed by atoms with Crippen LogP contribution in [0.4, 0.5) is 11.4 Å². The van der Waals surface area contributed by atoms with E-state index in [1.54, 1.807) is 38.5 Å². The second kappa shape index (κ2) is 49.3. The fourth-order valence-electron chi connectivity index (χ4n) is 16.7. The molecule has 3 heterocycles. The van der Waals surface area contributed by atoms with Gasteiger partial charge in [0, 0.05) is 92.6 Å². The highest BCUT2D eigenvalue weighted by molar-refractivity contribution is 9.11. The van der Waals surface area contributed by atoms with Gasteiger partial charge in [-0.3, -0.25) is 18.7 Å². The first-order valence-corrected chi connectivity index (χ1v) is 51.5. The average molecular weight is 2130 g/mol. The SMILES string of the molecule is CC(C)(C)c1ccc(-c2cc(B3OC(C)(C)C(C)(C)O3)cc(-c3ccc(C(C)(C)C)cc3)c2)cc1.COC(CN)OC.Cc1cccc(C)c1-n1ccnc1-c1cccc(-c2cc(-c3ccc(C(C)(C)C)cc3)cc(-c3ccc(C(C)(C)C)cc3)c2)c1.Cc1cccc(C)c1-n1ccnc1-c1cccc(Br)c1.Cc1cccc(C)c1N.Cc1cccc(C)c1NC(=O)c1cccc(Br)c1.O=C(Cl)c1cccc(Br)c1. The van der Waals surface area contributed by atoms with Crippen LogP contribution >= 0.6 is 59.4 Å². The van der Waals surface area contributed by atoms with E-state index in [0.29, 0.717) is 17.7 Å². The lowest BCUT2D eigenvalue weighted by Crippen LogP contribution is -2.41. The van der Waals surface area contributed by atoms with Crippen molar-refractivity contribution < 1.29 is 28.4 Å². The summed E-state index contributed by atoms with van der Waals surface area (Å²) in [6.45, 7) is 52.5. The Bertz CT molecular complexity index is 6800. The number of nitrogen functional groups attached to an aromatic ring is 1. The number of aromatic nitrogens is 4. The standard InChI is InChI=1S/C43H44N2.C32H41BO2.C17H15BrN2.C15H14BrNO.C8H11N.C7H4BrClO.C4H11NO2/c1-29-11-9-12-30(2)40(29)45-24-23-44-41(45)34-14-10-13-33(25-34)37-27-35(31-15-19-38(20-16-31)42(3,4)5)26-36(28-37)32-17-21-39(22-18-32)43(6,7)8;1-29(2,3)26-15-11-22(12-16-26)24-19-25(23-13-17-27(18-14-23)30(4,5)6)21-28(20-24)33-34-31(7,8)32(9,10)35-33;1-12-5-3-6-13(2)16(12)20-10-9-19-17(20)14-7-4-8-15(18)11-14;1-10-5-3-6-11(2)14(10)17-15(18)12-7-4-8-13(16)9-12;1-6-4-3-5-7(2)8(6)9;8-6-3-1-2-5(4-6)7(9)10;1-6-4(3-5)7-2/h9-28H,1-8H3;11-21H,1-10H3;3-11H,1-2H3;3-9H,1-2H3,(H,17,18);3-5H,9H2,1-2H3;1-4H;4H,3,5H2,1-2H3. The molecule has 1 fully saturated rings. The number of amides is 1. The third kappa shape index (κ3) is 29.9. The number of carbonyl (C=O) groups excluding carboxylic acids is 2. The fourth-order valence-corrected chi connectivity index (χ4v) is 18.0. The molecule has 2 aromatic heterocycles. The summed E-state index contributed by atoms with van der Waals surface area (Å²) >= 11 is 15.3. The zero-order valence-electron chi connectivity index (χ0n) is 88.4. The van der Waals surface area contributed by atoms with Gasteiger partial charge >= 0.3 is 7.12 Å². The van der Waals surface area contributed by atoms with Gasteiger partial charge in [-0.25, -0.2) is 9.97 Å². The molecule has 0 saturated carbocycles. The van der Waals surface area contributed by atoms with Crippen molar-refractivity contribution in [3.05, 3.63) is 419 Å². The number of ether oxygens (including phenoxy) is 2. The number of halogens is 4. The molecule has 5 N–H and O–H groups in total. The van der Waals surface area contributed by atoms with Gasteiger partial charge in [-0.2, -0.15) is 0 Å². The van der Waals surface area contributed by atoms with Crippen molar-refractivity contribution in [3.63, 3.8) is 0 Å². The van der Waals surface area contributed by atoms with Gasteiger partial charge in [0.1, 0.15) is 11.6 Å². The maximum absolute atomic E-state index is 12.1. The summed E-state index contributed by atoms with van der Waals surface area (Å²) in [5.74, 6) is 1.82. The molecule has 0 bridgehead atoms. The Balaban J connectivity index is 0.000000175. The quantitative estimate of drug-likeness (QED) is 0.0366. The Kier molecular flexibility index (Phi) is 38.5. The van der Waals surface area contributed by atoms with Crippen LogP contribution in [0, 0.1) is 55.4 Å². The Morgan fingerprint density at radius 3 is 0.972 bits per heavy atom. The minimum absolute atomic E-state index is 0.0892. The maximum Gasteiger partial charge on any atom is 0.494 e. The predicted octanol–water partition coefficient (Wildman–Crippen LogP) is 33.2. The van der Waals surface area contributed by atoms with Crippen LogP contribution in [0.3, 0.4) is 0 Å². The number of nitrogens with zero attached hydrogens (tertiary/aromatic N) is 4. The number of benzene rings is 14. The summed E-state index contributed by atoms with van der Waals surface area (Å²) in [4.78, 5) is 32.0. The van der Waals surface area contributed by atoms with Crippen molar-refractivity contribution in [2.45, 2.75) is 205 Å². The molecule has 0 unspecified atom stereocenters. The Morgan fingerprint density at radius 2 is 0.660 bits per heavy atom. The van der Waals surface area contributed by atoms with Crippen molar-refractivity contribution in [2.24, 2.45) is 5.73 Å². The van der Waals surface area contributed by atoms with Crippen LogP contribution in [-0.2, 0) is 40.4 Å². The van der Waals surface area contributed by atoms with E-state index in [1.165, 1.54) is 112 Å². The number of rotatable bonds is 16. The minimum atomic E-state index is -0.429. The average Bonchev–Trinajstić information content (AvgIpc) is 1.61. The highest BCUT2D eigenvalue weighted by atomic mass is 79.9. The highest BCUT2D eigenvalue weighted by Gasteiger charge is 2.52. The van der Waals surface area contributed by atoms with E-state index >= 15 is 0 Å². The lowest BCUT2D eigenvalue weighted by atomic mass is 9.76. The predicted molar refractivity (Wildman–Crippen MR) is 618 cm³/mol. The summed E-state index contributed by atoms with van der Waals surface area (Å²) in [7, 11) is 2.71. The minimum Gasteiger partial charge on any atom is -0.399 e. The molecule has 18 heteroatoms. The van der Waals surface area contributed by atoms with Crippen LogP contribution < -0.4 is 22.2 Å². The van der Waals surface area contributed by atoms with Crippen LogP contribution in [0.2, 0.25) is 0 Å². The third-order valence-electron chi connectivity index (χ3n) is 26.0. The number of imidazole rings is 2. The molecule has 1 aliphatic heterocycles. The maximum atomic E-state index is 12.1. The van der Waals surface area contributed by atoms with Crippen molar-refractivity contribution in [1.82, 2.24) is 19.1 Å². The number of nitrogens with one attached hydrogen (secondary N) is 1. The monoisotopic (exact) mass is 2130 g/mol. The smallest absolute Gasteiger partial charge is 0.399 e. The highest BCUT2D eigenvalue weighted by Crippen LogP contribution is 2.42. The topological polar surface area (TPSA) is 171 Å². The number of hydrogen-bond acceptors (Lipinski definition) is 10. The van der Waals surface area contributed by atoms with E-state index in [0.717, 1.165) is 75.3 Å². The molecule has 0 aliphatic carbocycles. The van der Waals surface area contributed by atoms with E-state index in [1.807, 2.05) is 119 Å². The molecule has 16 aromatic rings. The molecule has 1 amide bonds. The number of carbonyl (C=O) groups is 2. The third-order valence-corrected chi connectivity index (χ3v) is 27.7. The van der Waals surface area contributed by atoms with Crippen molar-refractivity contribution >= 4 is 94.5 Å². The summed E-state index contributed by atoms with van der Waals surface area (Å²) in [5, 5.41) is 2.53. The van der Waals surface area contributed by atoms with Crippen LogP contribution in [0.1, 0.15) is 198 Å². The first-order chi connectivity index (χ1) is 67.9. The number of aryl methyl sites for hydroxylation is 8. The van der Waals surface area contributed by atoms with Crippen LogP contribution in [0.15, 0.2) is 342 Å². The lowest BCUT2D eigenvalue weighted by Gasteiger charge is -2.32. The molecule has 0 spiro atoms.